The molecule has 0 aliphatic heterocycles. The van der Waals surface area contributed by atoms with Crippen molar-refractivity contribution in [2.45, 2.75) is 6.54 Å². The highest BCUT2D eigenvalue weighted by molar-refractivity contribution is 5.97. The lowest BCUT2D eigenvalue weighted by Gasteiger charge is -2.06. The molecular weight excluding hydrogens is 265 g/mol. The summed E-state index contributed by atoms with van der Waals surface area (Å²) in [5.41, 5.74) is 5.88. The van der Waals surface area contributed by atoms with Gasteiger partial charge < -0.3 is 20.7 Å². The van der Waals surface area contributed by atoms with E-state index in [2.05, 4.69) is 10.5 Å². The number of rotatable bonds is 4. The van der Waals surface area contributed by atoms with Crippen molar-refractivity contribution in [1.82, 2.24) is 5.32 Å². The molecule has 7 heteroatoms. The van der Waals surface area contributed by atoms with Crippen LogP contribution in [0.1, 0.15) is 21.7 Å². The normalized spacial score (nSPS) is 11.3. The molecule has 0 fully saturated rings. The topological polar surface area (TPSA) is 101 Å². The molecule has 1 amide bonds. The molecule has 6 nitrogen and oxygen atoms in total. The van der Waals surface area contributed by atoms with Crippen molar-refractivity contribution in [3.05, 3.63) is 59.3 Å². The van der Waals surface area contributed by atoms with Gasteiger partial charge in [0.25, 0.3) is 5.91 Å². The second kappa shape index (κ2) is 5.87. The summed E-state index contributed by atoms with van der Waals surface area (Å²) in [6, 6.07) is 7.16. The van der Waals surface area contributed by atoms with E-state index in [0.717, 1.165) is 6.07 Å². The van der Waals surface area contributed by atoms with E-state index in [1.165, 1.54) is 24.5 Å². The van der Waals surface area contributed by atoms with Crippen molar-refractivity contribution >= 4 is 11.7 Å². The zero-order chi connectivity index (χ0) is 14.5. The smallest absolute Gasteiger partial charge is 0.287 e. The Morgan fingerprint density at radius 1 is 1.45 bits per heavy atom. The van der Waals surface area contributed by atoms with Gasteiger partial charge in [0, 0.05) is 17.7 Å². The van der Waals surface area contributed by atoms with Crippen LogP contribution in [0.2, 0.25) is 0 Å². The van der Waals surface area contributed by atoms with Gasteiger partial charge in [0.05, 0.1) is 6.26 Å². The Balaban J connectivity index is 2.05. The number of hydrogen-bond donors (Lipinski definition) is 3. The van der Waals surface area contributed by atoms with E-state index in [4.69, 9.17) is 15.4 Å². The second-order valence-corrected chi connectivity index (χ2v) is 3.95. The number of nitrogens with two attached hydrogens (primary N) is 1. The highest BCUT2D eigenvalue weighted by atomic mass is 19.1. The average Bonchev–Trinajstić information content (AvgIpc) is 2.99. The van der Waals surface area contributed by atoms with Gasteiger partial charge in [-0.1, -0.05) is 17.3 Å². The van der Waals surface area contributed by atoms with Gasteiger partial charge >= 0.3 is 0 Å². The zero-order valence-electron chi connectivity index (χ0n) is 10.3. The highest BCUT2D eigenvalue weighted by Crippen LogP contribution is 2.11. The first-order valence-electron chi connectivity index (χ1n) is 5.70. The monoisotopic (exact) mass is 277 g/mol. The summed E-state index contributed by atoms with van der Waals surface area (Å²) in [4.78, 5) is 11.6. The molecule has 0 bridgehead atoms. The Morgan fingerprint density at radius 3 is 2.85 bits per heavy atom. The summed E-state index contributed by atoms with van der Waals surface area (Å²) >= 11 is 0. The fourth-order valence-corrected chi connectivity index (χ4v) is 1.58. The van der Waals surface area contributed by atoms with E-state index in [1.807, 2.05) is 0 Å². The minimum absolute atomic E-state index is 0.00180. The van der Waals surface area contributed by atoms with Crippen LogP contribution in [0.3, 0.4) is 0 Å². The van der Waals surface area contributed by atoms with E-state index in [1.54, 1.807) is 6.07 Å². The number of oxime groups is 1. The fraction of sp³-hybridized carbons (Fsp3) is 0.0769. The molecule has 0 aliphatic rings. The molecule has 0 atom stereocenters. The van der Waals surface area contributed by atoms with Gasteiger partial charge in [0.15, 0.2) is 11.6 Å². The fourth-order valence-electron chi connectivity index (χ4n) is 1.58. The molecular formula is C13H12FN3O3. The molecule has 0 saturated carbocycles. The summed E-state index contributed by atoms with van der Waals surface area (Å²) in [5, 5.41) is 13.8. The van der Waals surface area contributed by atoms with Crippen LogP contribution in [0.5, 0.6) is 0 Å². The minimum atomic E-state index is -0.561. The van der Waals surface area contributed by atoms with Crippen LogP contribution in [-0.2, 0) is 6.54 Å². The average molecular weight is 277 g/mol. The highest BCUT2D eigenvalue weighted by Gasteiger charge is 2.10. The Labute approximate surface area is 113 Å². The Hall–Kier alpha value is -2.83. The van der Waals surface area contributed by atoms with Crippen molar-refractivity contribution in [3.8, 4) is 0 Å². The molecule has 2 aromatic rings. The van der Waals surface area contributed by atoms with Crippen LogP contribution >= 0.6 is 0 Å². The van der Waals surface area contributed by atoms with Gasteiger partial charge in [-0.25, -0.2) is 4.39 Å². The molecule has 0 spiro atoms. The van der Waals surface area contributed by atoms with E-state index < -0.39 is 11.7 Å². The number of nitrogens with zero attached hydrogens (tertiary/aromatic N) is 1. The van der Waals surface area contributed by atoms with Crippen molar-refractivity contribution in [2.24, 2.45) is 10.9 Å². The molecule has 1 aromatic carbocycles. The number of carbonyl (C=O) groups is 1. The van der Waals surface area contributed by atoms with Crippen molar-refractivity contribution in [2.75, 3.05) is 0 Å². The summed E-state index contributed by atoms with van der Waals surface area (Å²) in [6.45, 7) is 0.00180. The first kappa shape index (κ1) is 13.6. The number of amidine groups is 1. The lowest BCUT2D eigenvalue weighted by Crippen LogP contribution is -2.23. The van der Waals surface area contributed by atoms with Crippen LogP contribution in [-0.4, -0.2) is 17.0 Å². The summed E-state index contributed by atoms with van der Waals surface area (Å²) < 4.78 is 18.7. The molecule has 2 rings (SSSR count). The van der Waals surface area contributed by atoms with Crippen molar-refractivity contribution in [3.63, 3.8) is 0 Å². The third-order valence-corrected chi connectivity index (χ3v) is 2.64. The predicted octanol–water partition coefficient (Wildman–Crippen LogP) is 1.44. The number of furan rings is 1. The molecule has 0 unspecified atom stereocenters. The molecule has 4 N–H and O–H groups in total. The third kappa shape index (κ3) is 2.94. The van der Waals surface area contributed by atoms with Gasteiger partial charge in [0.1, 0.15) is 5.82 Å². The van der Waals surface area contributed by atoms with Gasteiger partial charge in [-0.2, -0.15) is 0 Å². The van der Waals surface area contributed by atoms with Gasteiger partial charge in [-0.3, -0.25) is 4.79 Å². The minimum Gasteiger partial charge on any atom is -0.459 e. The number of benzene rings is 1. The zero-order valence-corrected chi connectivity index (χ0v) is 10.3. The maximum Gasteiger partial charge on any atom is 0.287 e. The van der Waals surface area contributed by atoms with Crippen LogP contribution in [0.4, 0.5) is 4.39 Å². The number of halogens is 1. The molecule has 20 heavy (non-hydrogen) atoms. The molecule has 0 radical (unpaired) electrons. The summed E-state index contributed by atoms with van der Waals surface area (Å²) in [6.07, 6.45) is 1.38. The third-order valence-electron chi connectivity index (χ3n) is 2.64. The van der Waals surface area contributed by atoms with Crippen LogP contribution in [0, 0.1) is 5.82 Å². The predicted molar refractivity (Wildman–Crippen MR) is 68.8 cm³/mol. The number of hydrogen-bond acceptors (Lipinski definition) is 4. The van der Waals surface area contributed by atoms with Crippen LogP contribution in [0.25, 0.3) is 0 Å². The number of nitrogens with one attached hydrogen (secondary N) is 1. The van der Waals surface area contributed by atoms with Gasteiger partial charge in [0.2, 0.25) is 0 Å². The lowest BCUT2D eigenvalue weighted by molar-refractivity contribution is 0.0923. The van der Waals surface area contributed by atoms with Crippen LogP contribution in [0.15, 0.2) is 46.2 Å². The Morgan fingerprint density at radius 2 is 2.25 bits per heavy atom. The van der Waals surface area contributed by atoms with E-state index in [9.17, 15) is 9.18 Å². The van der Waals surface area contributed by atoms with E-state index >= 15 is 0 Å². The molecule has 0 saturated heterocycles. The standard InChI is InChI=1S/C13H12FN3O3/c14-10-6-8(12(15)17-19)3-4-9(10)7-16-13(18)11-2-1-5-20-11/h1-6,19H,7H2,(H2,15,17)(H,16,18). The number of amides is 1. The van der Waals surface area contributed by atoms with Gasteiger partial charge in [-0.15, -0.1) is 0 Å². The van der Waals surface area contributed by atoms with Crippen molar-refractivity contribution < 1.29 is 18.8 Å². The van der Waals surface area contributed by atoms with Crippen molar-refractivity contribution in [1.29, 1.82) is 0 Å². The maximum absolute atomic E-state index is 13.8. The molecule has 1 heterocycles. The SMILES string of the molecule is NC(=NO)c1ccc(CNC(=O)c2ccco2)c(F)c1. The first-order valence-corrected chi connectivity index (χ1v) is 5.70. The van der Waals surface area contributed by atoms with Crippen LogP contribution < -0.4 is 11.1 Å². The lowest BCUT2D eigenvalue weighted by atomic mass is 10.1. The largest absolute Gasteiger partial charge is 0.459 e. The summed E-state index contributed by atoms with van der Waals surface area (Å²) in [5.74, 6) is -1.03. The van der Waals surface area contributed by atoms with E-state index in [-0.39, 0.29) is 29.3 Å². The first-order chi connectivity index (χ1) is 9.61. The van der Waals surface area contributed by atoms with Gasteiger partial charge in [-0.05, 0) is 18.2 Å². The quantitative estimate of drug-likeness (QED) is 0.340. The Kier molecular flexibility index (Phi) is 3.99. The molecule has 1 aromatic heterocycles. The Bertz CT molecular complexity index is 638. The second-order valence-electron chi connectivity index (χ2n) is 3.95. The molecule has 0 aliphatic carbocycles. The summed E-state index contributed by atoms with van der Waals surface area (Å²) in [7, 11) is 0. The number of carbonyl (C=O) groups excluding carboxylic acids is 1. The van der Waals surface area contributed by atoms with E-state index in [0.29, 0.717) is 0 Å². The maximum atomic E-state index is 13.8. The molecule has 104 valence electrons.